The van der Waals surface area contributed by atoms with Gasteiger partial charge in [-0.3, -0.25) is 4.79 Å². The molecule has 0 saturated carbocycles. The van der Waals surface area contributed by atoms with E-state index >= 15 is 0 Å². The Morgan fingerprint density at radius 2 is 2.09 bits per heavy atom. The van der Waals surface area contributed by atoms with E-state index in [1.807, 2.05) is 36.6 Å². The number of rotatable bonds is 4. The number of benzene rings is 1. The van der Waals surface area contributed by atoms with E-state index in [2.05, 4.69) is 10.3 Å². The largest absolute Gasteiger partial charge is 0.350 e. The highest BCUT2D eigenvalue weighted by Crippen LogP contribution is 2.12. The van der Waals surface area contributed by atoms with Crippen LogP contribution in [0.2, 0.25) is 0 Å². The number of aromatic nitrogens is 2. The van der Waals surface area contributed by atoms with Crippen LogP contribution < -0.4 is 5.32 Å². The second-order valence-corrected chi connectivity index (χ2v) is 5.66. The third-order valence-corrected chi connectivity index (χ3v) is 3.94. The number of pyridine rings is 1. The van der Waals surface area contributed by atoms with Crippen LogP contribution in [0.25, 0.3) is 5.65 Å². The number of nitrogens with one attached hydrogen (secondary N) is 1. The summed E-state index contributed by atoms with van der Waals surface area (Å²) in [6.07, 6.45) is 3.85. The van der Waals surface area contributed by atoms with Gasteiger partial charge in [0.1, 0.15) is 11.5 Å². The Kier molecular flexibility index (Phi) is 4.10. The summed E-state index contributed by atoms with van der Waals surface area (Å²) >= 11 is 0. The van der Waals surface area contributed by atoms with Crippen molar-refractivity contribution in [3.05, 3.63) is 70.9 Å². The molecular weight excluding hydrogens is 293 g/mol. The molecule has 23 heavy (non-hydrogen) atoms. The summed E-state index contributed by atoms with van der Waals surface area (Å²) in [6, 6.07) is 8.44. The number of aryl methyl sites for hydroxylation is 2. The van der Waals surface area contributed by atoms with Gasteiger partial charge in [0.25, 0.3) is 0 Å². The average Bonchev–Trinajstić information content (AvgIpc) is 2.93. The minimum Gasteiger partial charge on any atom is -0.350 e. The van der Waals surface area contributed by atoms with Gasteiger partial charge in [0, 0.05) is 6.20 Å². The molecule has 4 nitrogen and oxygen atoms in total. The Hall–Kier alpha value is -2.69. The Morgan fingerprint density at radius 1 is 1.26 bits per heavy atom. The van der Waals surface area contributed by atoms with Crippen LogP contribution in [-0.4, -0.2) is 15.3 Å². The van der Waals surface area contributed by atoms with Crippen LogP contribution >= 0.6 is 0 Å². The highest BCUT2D eigenvalue weighted by atomic mass is 19.1. The smallest absolute Gasteiger partial charge is 0.224 e. The number of halogens is 1. The molecule has 5 heteroatoms. The highest BCUT2D eigenvalue weighted by Gasteiger charge is 2.09. The van der Waals surface area contributed by atoms with Gasteiger partial charge in [-0.1, -0.05) is 12.1 Å². The van der Waals surface area contributed by atoms with Crippen LogP contribution in [0.5, 0.6) is 0 Å². The Labute approximate surface area is 134 Å². The third kappa shape index (κ3) is 3.23. The summed E-state index contributed by atoms with van der Waals surface area (Å²) in [5.41, 5.74) is 4.50. The van der Waals surface area contributed by atoms with E-state index in [4.69, 9.17) is 0 Å². The predicted octanol–water partition coefficient (Wildman–Crippen LogP) is 2.95. The average molecular weight is 311 g/mol. The number of imidazole rings is 1. The van der Waals surface area contributed by atoms with Crippen LogP contribution in [0.15, 0.2) is 42.7 Å². The molecule has 0 saturated heterocycles. The fraction of sp³-hybridized carbons (Fsp3) is 0.222. The van der Waals surface area contributed by atoms with Crippen molar-refractivity contribution < 1.29 is 9.18 Å². The second kappa shape index (κ2) is 6.20. The topological polar surface area (TPSA) is 46.4 Å². The summed E-state index contributed by atoms with van der Waals surface area (Å²) in [5, 5.41) is 2.87. The van der Waals surface area contributed by atoms with Crippen molar-refractivity contribution >= 4 is 11.6 Å². The molecule has 3 aromatic rings. The summed E-state index contributed by atoms with van der Waals surface area (Å²) in [6.45, 7) is 4.25. The van der Waals surface area contributed by atoms with Crippen LogP contribution in [0, 0.1) is 19.7 Å². The summed E-state index contributed by atoms with van der Waals surface area (Å²) in [4.78, 5) is 16.5. The van der Waals surface area contributed by atoms with E-state index in [1.165, 1.54) is 12.1 Å². The van der Waals surface area contributed by atoms with Gasteiger partial charge in [0.05, 0.1) is 24.9 Å². The van der Waals surface area contributed by atoms with Gasteiger partial charge in [-0.25, -0.2) is 9.37 Å². The zero-order chi connectivity index (χ0) is 16.4. The van der Waals surface area contributed by atoms with Crippen molar-refractivity contribution in [3.8, 4) is 0 Å². The number of hydrogen-bond acceptors (Lipinski definition) is 2. The Bertz CT molecular complexity index is 870. The predicted molar refractivity (Wildman–Crippen MR) is 86.6 cm³/mol. The molecule has 1 amide bonds. The van der Waals surface area contributed by atoms with Crippen molar-refractivity contribution in [3.63, 3.8) is 0 Å². The molecule has 0 radical (unpaired) electrons. The molecule has 118 valence electrons. The SMILES string of the molecule is Cc1ccc(F)cc1CC(=O)NCc1cnc2c(C)cccn12. The van der Waals surface area contributed by atoms with Gasteiger partial charge in [-0.15, -0.1) is 0 Å². The molecule has 0 unspecified atom stereocenters. The third-order valence-electron chi connectivity index (χ3n) is 3.94. The number of nitrogens with zero attached hydrogens (tertiary/aromatic N) is 2. The van der Waals surface area contributed by atoms with Gasteiger partial charge >= 0.3 is 0 Å². The minimum atomic E-state index is -0.323. The summed E-state index contributed by atoms with van der Waals surface area (Å²) in [5.74, 6) is -0.461. The monoisotopic (exact) mass is 311 g/mol. The number of carbonyl (C=O) groups excluding carboxylic acids is 1. The van der Waals surface area contributed by atoms with Crippen LogP contribution in [-0.2, 0) is 17.8 Å². The molecule has 3 rings (SSSR count). The quantitative estimate of drug-likeness (QED) is 0.805. The molecule has 0 atom stereocenters. The molecule has 2 heterocycles. The molecule has 0 bridgehead atoms. The van der Waals surface area contributed by atoms with Crippen LogP contribution in [0.3, 0.4) is 0 Å². The lowest BCUT2D eigenvalue weighted by Crippen LogP contribution is -2.25. The van der Waals surface area contributed by atoms with Crippen molar-refractivity contribution in [2.45, 2.75) is 26.8 Å². The Morgan fingerprint density at radius 3 is 2.91 bits per heavy atom. The molecule has 0 spiro atoms. The van der Waals surface area contributed by atoms with Gasteiger partial charge in [0.15, 0.2) is 0 Å². The fourth-order valence-electron chi connectivity index (χ4n) is 2.59. The van der Waals surface area contributed by atoms with Gasteiger partial charge in [0.2, 0.25) is 5.91 Å². The lowest BCUT2D eigenvalue weighted by atomic mass is 10.1. The maximum atomic E-state index is 13.3. The standard InChI is InChI=1S/C18H18FN3O/c1-12-5-6-15(19)8-14(12)9-17(23)20-10-16-11-21-18-13(2)4-3-7-22(16)18/h3-8,11H,9-10H2,1-2H3,(H,20,23). The molecule has 0 aliphatic rings. The summed E-state index contributed by atoms with van der Waals surface area (Å²) < 4.78 is 15.2. The van der Waals surface area contributed by atoms with E-state index in [0.717, 1.165) is 22.5 Å². The first kappa shape index (κ1) is 15.2. The first-order valence-corrected chi connectivity index (χ1v) is 7.48. The van der Waals surface area contributed by atoms with Crippen LogP contribution in [0.4, 0.5) is 4.39 Å². The van der Waals surface area contributed by atoms with Crippen molar-refractivity contribution in [2.75, 3.05) is 0 Å². The highest BCUT2D eigenvalue weighted by molar-refractivity contribution is 5.78. The van der Waals surface area contributed by atoms with E-state index in [9.17, 15) is 9.18 Å². The van der Waals surface area contributed by atoms with E-state index < -0.39 is 0 Å². The number of amides is 1. The van der Waals surface area contributed by atoms with Crippen molar-refractivity contribution in [1.82, 2.24) is 14.7 Å². The zero-order valence-corrected chi connectivity index (χ0v) is 13.1. The van der Waals surface area contributed by atoms with Gasteiger partial charge < -0.3 is 9.72 Å². The minimum absolute atomic E-state index is 0.138. The number of fused-ring (bicyclic) bond motifs is 1. The van der Waals surface area contributed by atoms with E-state index in [1.54, 1.807) is 12.3 Å². The van der Waals surface area contributed by atoms with Crippen molar-refractivity contribution in [1.29, 1.82) is 0 Å². The molecule has 1 aromatic carbocycles. The van der Waals surface area contributed by atoms with E-state index in [0.29, 0.717) is 12.1 Å². The molecule has 1 N–H and O–H groups in total. The molecule has 0 aliphatic heterocycles. The maximum Gasteiger partial charge on any atom is 0.224 e. The number of carbonyl (C=O) groups is 1. The lowest BCUT2D eigenvalue weighted by Gasteiger charge is -2.08. The van der Waals surface area contributed by atoms with Gasteiger partial charge in [-0.05, 0) is 48.7 Å². The molecule has 0 aliphatic carbocycles. The van der Waals surface area contributed by atoms with E-state index in [-0.39, 0.29) is 18.1 Å². The number of hydrogen-bond donors (Lipinski definition) is 1. The zero-order valence-electron chi connectivity index (χ0n) is 13.1. The lowest BCUT2D eigenvalue weighted by molar-refractivity contribution is -0.120. The maximum absolute atomic E-state index is 13.3. The molecule has 0 fully saturated rings. The molecular formula is C18H18FN3O. The fourth-order valence-corrected chi connectivity index (χ4v) is 2.59. The summed E-state index contributed by atoms with van der Waals surface area (Å²) in [7, 11) is 0. The first-order valence-electron chi connectivity index (χ1n) is 7.48. The van der Waals surface area contributed by atoms with Crippen LogP contribution in [0.1, 0.15) is 22.4 Å². The normalized spacial score (nSPS) is 10.9. The first-order chi connectivity index (χ1) is 11.0. The second-order valence-electron chi connectivity index (χ2n) is 5.66. The Balaban J connectivity index is 1.69. The van der Waals surface area contributed by atoms with Gasteiger partial charge in [-0.2, -0.15) is 0 Å². The van der Waals surface area contributed by atoms with Crippen molar-refractivity contribution in [2.24, 2.45) is 0 Å². The molecule has 2 aromatic heterocycles.